The van der Waals surface area contributed by atoms with Gasteiger partial charge in [-0.3, -0.25) is 9.59 Å². The SMILES string of the molecule is CN1C[C@H](C(=O)N2CCC3(CC2)c2nc[nH]c2CCN3C(=O)C2CC2)NC1=O. The van der Waals surface area contributed by atoms with E-state index in [4.69, 9.17) is 0 Å². The molecule has 1 spiro atoms. The summed E-state index contributed by atoms with van der Waals surface area (Å²) in [7, 11) is 1.69. The second kappa shape index (κ2) is 6.22. The number of nitrogens with zero attached hydrogens (tertiary/aromatic N) is 4. The van der Waals surface area contributed by atoms with Gasteiger partial charge in [0.05, 0.1) is 24.1 Å². The number of nitrogens with one attached hydrogen (secondary N) is 2. The molecule has 1 aromatic rings. The summed E-state index contributed by atoms with van der Waals surface area (Å²) < 4.78 is 0. The van der Waals surface area contributed by atoms with Crippen LogP contribution in [0.25, 0.3) is 0 Å². The Bertz CT molecular complexity index is 823. The molecule has 28 heavy (non-hydrogen) atoms. The van der Waals surface area contributed by atoms with Crippen LogP contribution in [0.1, 0.15) is 37.1 Å². The van der Waals surface area contributed by atoms with Gasteiger partial charge in [0.15, 0.2) is 0 Å². The quantitative estimate of drug-likeness (QED) is 0.750. The van der Waals surface area contributed by atoms with Gasteiger partial charge in [-0.2, -0.15) is 0 Å². The van der Waals surface area contributed by atoms with Crippen LogP contribution < -0.4 is 5.32 Å². The Hall–Kier alpha value is -2.58. The van der Waals surface area contributed by atoms with E-state index in [2.05, 4.69) is 20.2 Å². The number of imidazole rings is 1. The summed E-state index contributed by atoms with van der Waals surface area (Å²) >= 11 is 0. The molecule has 2 N–H and O–H groups in total. The number of carbonyl (C=O) groups excluding carboxylic acids is 3. The van der Waals surface area contributed by atoms with Crippen LogP contribution in [0.3, 0.4) is 0 Å². The summed E-state index contributed by atoms with van der Waals surface area (Å²) in [4.78, 5) is 50.8. The van der Waals surface area contributed by atoms with E-state index in [-0.39, 0.29) is 23.8 Å². The molecule has 9 heteroatoms. The zero-order chi connectivity index (χ0) is 19.5. The fraction of sp³-hybridized carbons (Fsp3) is 0.684. The number of hydrogen-bond acceptors (Lipinski definition) is 4. The fourth-order valence-corrected chi connectivity index (χ4v) is 4.98. The molecule has 3 aliphatic heterocycles. The van der Waals surface area contributed by atoms with E-state index in [0.717, 1.165) is 30.7 Å². The number of aromatic nitrogens is 2. The lowest BCUT2D eigenvalue weighted by molar-refractivity contribution is -0.146. The highest BCUT2D eigenvalue weighted by molar-refractivity contribution is 5.90. The summed E-state index contributed by atoms with van der Waals surface area (Å²) in [5, 5.41) is 2.75. The molecule has 150 valence electrons. The molecule has 0 bridgehead atoms. The molecule has 2 saturated heterocycles. The second-order valence-corrected chi connectivity index (χ2v) is 8.48. The summed E-state index contributed by atoms with van der Waals surface area (Å²) in [6.45, 7) is 2.24. The van der Waals surface area contributed by atoms with Gasteiger partial charge in [-0.15, -0.1) is 0 Å². The van der Waals surface area contributed by atoms with Gasteiger partial charge in [-0.05, 0) is 25.7 Å². The van der Waals surface area contributed by atoms with Crippen molar-refractivity contribution >= 4 is 17.8 Å². The van der Waals surface area contributed by atoms with Gasteiger partial charge in [0, 0.05) is 44.7 Å². The monoisotopic (exact) mass is 386 g/mol. The van der Waals surface area contributed by atoms with E-state index in [0.29, 0.717) is 39.0 Å². The number of carbonyl (C=O) groups is 3. The van der Waals surface area contributed by atoms with Crippen LogP contribution in [0, 0.1) is 5.92 Å². The predicted molar refractivity (Wildman–Crippen MR) is 99.2 cm³/mol. The van der Waals surface area contributed by atoms with Crippen LogP contribution in [0.15, 0.2) is 6.33 Å². The molecule has 4 aliphatic rings. The molecule has 3 fully saturated rings. The van der Waals surface area contributed by atoms with Crippen LogP contribution in [-0.4, -0.2) is 81.8 Å². The van der Waals surface area contributed by atoms with Gasteiger partial charge in [0.25, 0.3) is 0 Å². The number of likely N-dealkylation sites (N-methyl/N-ethyl adjacent to an activating group) is 1. The zero-order valence-corrected chi connectivity index (χ0v) is 16.1. The Labute approximate surface area is 163 Å². The Kier molecular flexibility index (Phi) is 3.89. The number of H-pyrrole nitrogens is 1. The van der Waals surface area contributed by atoms with Crippen molar-refractivity contribution in [2.75, 3.05) is 33.2 Å². The van der Waals surface area contributed by atoms with E-state index >= 15 is 0 Å². The van der Waals surface area contributed by atoms with Crippen LogP contribution in [0.5, 0.6) is 0 Å². The second-order valence-electron chi connectivity index (χ2n) is 8.48. The molecular weight excluding hydrogens is 360 g/mol. The van der Waals surface area contributed by atoms with Crippen molar-refractivity contribution < 1.29 is 14.4 Å². The number of aromatic amines is 1. The molecule has 1 atom stereocenters. The lowest BCUT2D eigenvalue weighted by Crippen LogP contribution is -2.60. The molecular formula is C19H26N6O3. The van der Waals surface area contributed by atoms with Gasteiger partial charge < -0.3 is 25.0 Å². The maximum Gasteiger partial charge on any atom is 0.317 e. The fourth-order valence-electron chi connectivity index (χ4n) is 4.98. The van der Waals surface area contributed by atoms with E-state index in [1.807, 2.05) is 4.90 Å². The molecule has 1 saturated carbocycles. The Morgan fingerprint density at radius 2 is 1.93 bits per heavy atom. The highest BCUT2D eigenvalue weighted by atomic mass is 16.2. The third kappa shape index (κ3) is 2.59. The first-order valence-electron chi connectivity index (χ1n) is 10.1. The molecule has 4 amide bonds. The van der Waals surface area contributed by atoms with Gasteiger partial charge in [-0.1, -0.05) is 0 Å². The number of amides is 4. The number of likely N-dealkylation sites (tertiary alicyclic amines) is 1. The lowest BCUT2D eigenvalue weighted by Gasteiger charge is -2.50. The normalized spacial score (nSPS) is 26.4. The van der Waals surface area contributed by atoms with Crippen molar-refractivity contribution in [1.29, 1.82) is 0 Å². The van der Waals surface area contributed by atoms with E-state index in [9.17, 15) is 14.4 Å². The number of rotatable bonds is 2. The predicted octanol–water partition coefficient (Wildman–Crippen LogP) is 0.0457. The summed E-state index contributed by atoms with van der Waals surface area (Å²) in [6.07, 6.45) is 5.87. The smallest absolute Gasteiger partial charge is 0.317 e. The topological polar surface area (TPSA) is 102 Å². The van der Waals surface area contributed by atoms with Crippen molar-refractivity contribution in [2.45, 2.75) is 43.7 Å². The minimum Gasteiger partial charge on any atom is -0.348 e. The Balaban J connectivity index is 1.36. The van der Waals surface area contributed by atoms with Crippen molar-refractivity contribution in [3.8, 4) is 0 Å². The van der Waals surface area contributed by atoms with Gasteiger partial charge >= 0.3 is 6.03 Å². The lowest BCUT2D eigenvalue weighted by atomic mass is 9.78. The third-order valence-corrected chi connectivity index (χ3v) is 6.75. The van der Waals surface area contributed by atoms with Crippen molar-refractivity contribution in [1.82, 2.24) is 30.0 Å². The number of hydrogen-bond donors (Lipinski definition) is 2. The highest BCUT2D eigenvalue weighted by Gasteiger charge is 2.51. The van der Waals surface area contributed by atoms with Crippen molar-refractivity contribution in [2.24, 2.45) is 5.92 Å². The molecule has 1 aromatic heterocycles. The highest BCUT2D eigenvalue weighted by Crippen LogP contribution is 2.45. The molecule has 0 radical (unpaired) electrons. The third-order valence-electron chi connectivity index (χ3n) is 6.75. The molecule has 0 unspecified atom stereocenters. The largest absolute Gasteiger partial charge is 0.348 e. The first kappa shape index (κ1) is 17.5. The van der Waals surface area contributed by atoms with E-state index < -0.39 is 11.6 Å². The molecule has 1 aliphatic carbocycles. The minimum atomic E-state index is -0.483. The van der Waals surface area contributed by atoms with Gasteiger partial charge in [-0.25, -0.2) is 9.78 Å². The average Bonchev–Trinajstić information content (AvgIpc) is 3.34. The molecule has 4 heterocycles. The van der Waals surface area contributed by atoms with Crippen molar-refractivity contribution in [3.63, 3.8) is 0 Å². The Morgan fingerprint density at radius 1 is 1.18 bits per heavy atom. The van der Waals surface area contributed by atoms with Crippen LogP contribution >= 0.6 is 0 Å². The Morgan fingerprint density at radius 3 is 2.57 bits per heavy atom. The van der Waals surface area contributed by atoms with Crippen LogP contribution in [0.2, 0.25) is 0 Å². The first-order chi connectivity index (χ1) is 13.5. The molecule has 9 nitrogen and oxygen atoms in total. The summed E-state index contributed by atoms with van der Waals surface area (Å²) in [5.74, 6) is 0.380. The molecule has 0 aromatic carbocycles. The van der Waals surface area contributed by atoms with E-state index in [1.165, 1.54) is 4.90 Å². The van der Waals surface area contributed by atoms with E-state index in [1.54, 1.807) is 13.4 Å². The maximum absolute atomic E-state index is 13.0. The van der Waals surface area contributed by atoms with Crippen LogP contribution in [0.4, 0.5) is 4.79 Å². The van der Waals surface area contributed by atoms with Gasteiger partial charge in [0.2, 0.25) is 11.8 Å². The average molecular weight is 386 g/mol. The maximum atomic E-state index is 13.0. The number of fused-ring (bicyclic) bond motifs is 2. The van der Waals surface area contributed by atoms with Gasteiger partial charge in [0.1, 0.15) is 6.04 Å². The standard InChI is InChI=1S/C19H26N6O3/c1-23-10-14(22-18(23)28)17(27)24-8-5-19(6-9-24)15-13(20-11-21-15)4-7-25(19)16(26)12-2-3-12/h11-12,14H,2-10H2,1H3,(H,20,21)(H,22,28)/t14-/m1/s1. The van der Waals surface area contributed by atoms with Crippen molar-refractivity contribution in [3.05, 3.63) is 17.7 Å². The zero-order valence-electron chi connectivity index (χ0n) is 16.1. The summed E-state index contributed by atoms with van der Waals surface area (Å²) in [5.41, 5.74) is 1.68. The van der Waals surface area contributed by atoms with Crippen LogP contribution in [-0.2, 0) is 21.5 Å². The molecule has 5 rings (SSSR count). The minimum absolute atomic E-state index is 0.0364. The summed E-state index contributed by atoms with van der Waals surface area (Å²) in [6, 6.07) is -0.690. The number of urea groups is 1. The number of piperidine rings is 1. The first-order valence-corrected chi connectivity index (χ1v) is 10.1.